The van der Waals surface area contributed by atoms with Gasteiger partial charge in [-0.1, -0.05) is 204 Å². The molecule has 0 atom stereocenters. The number of hydrogen-bond donors (Lipinski definition) is 0. The van der Waals surface area contributed by atoms with E-state index in [1.165, 1.54) is 16.7 Å². The second kappa shape index (κ2) is 19.7. The van der Waals surface area contributed by atoms with Crippen molar-refractivity contribution in [2.24, 2.45) is 0 Å². The first-order valence-corrected chi connectivity index (χ1v) is 26.1. The number of pyridine rings is 1. The molecule has 1 aliphatic rings. The van der Waals surface area contributed by atoms with Crippen molar-refractivity contribution in [2.75, 3.05) is 9.80 Å². The minimum Gasteiger partial charge on any atom is -0.509 e. The Bertz CT molecular complexity index is 3930. The Kier molecular flexibility index (Phi) is 12.6. The monoisotopic (exact) mass is 1180 g/mol. The van der Waals surface area contributed by atoms with Crippen molar-refractivity contribution in [2.45, 2.75) is 105 Å². The molecule has 0 radical (unpaired) electrons. The van der Waals surface area contributed by atoms with Gasteiger partial charge in [-0.2, -0.15) is 12.1 Å². The topological polar surface area (TPSA) is 33.5 Å². The third kappa shape index (κ3) is 9.91. The number of ether oxygens (including phenoxy) is 1. The van der Waals surface area contributed by atoms with Crippen LogP contribution < -0.4 is 14.5 Å². The van der Waals surface area contributed by atoms with Gasteiger partial charge in [0.25, 0.3) is 0 Å². The van der Waals surface area contributed by atoms with E-state index >= 15 is 0 Å². The predicted octanol–water partition coefficient (Wildman–Crippen LogP) is 19.2. The van der Waals surface area contributed by atoms with E-state index in [2.05, 4.69) is 219 Å². The van der Waals surface area contributed by atoms with E-state index in [0.29, 0.717) is 28.3 Å². The van der Waals surface area contributed by atoms with Crippen LogP contribution in [0, 0.1) is 18.8 Å². The summed E-state index contributed by atoms with van der Waals surface area (Å²) >= 11 is 0. The number of hydrogen-bond acceptors (Lipinski definition) is 4. The third-order valence-corrected chi connectivity index (χ3v) is 14.5. The number of anilines is 4. The molecule has 10 aromatic rings. The van der Waals surface area contributed by atoms with Gasteiger partial charge >= 0.3 is 0 Å². The third-order valence-electron chi connectivity index (χ3n) is 14.5. The van der Waals surface area contributed by atoms with E-state index in [0.717, 1.165) is 72.5 Å². The van der Waals surface area contributed by atoms with Gasteiger partial charge in [-0.15, -0.1) is 48.1 Å². The average Bonchev–Trinajstić information content (AvgIpc) is 3.96. The molecule has 6 heteroatoms. The maximum absolute atomic E-state index is 9.84. The molecular weight excluding hydrogens is 1110 g/mol. The van der Waals surface area contributed by atoms with Gasteiger partial charge in [-0.3, -0.25) is 0 Å². The van der Waals surface area contributed by atoms with E-state index in [1.54, 1.807) is 0 Å². The van der Waals surface area contributed by atoms with Crippen molar-refractivity contribution in [1.29, 1.82) is 0 Å². The first-order chi connectivity index (χ1) is 37.0. The molecule has 0 amide bonds. The van der Waals surface area contributed by atoms with Crippen molar-refractivity contribution >= 4 is 44.6 Å². The number of nitrogens with zero attached hydrogens (tertiary/aromatic N) is 4. The molecular formula is C70H67N4OPt-3. The number of para-hydroxylation sites is 4. The molecule has 0 bridgehead atoms. The summed E-state index contributed by atoms with van der Waals surface area (Å²) in [6.07, 6.45) is 1.88. The van der Waals surface area contributed by atoms with E-state index < -0.39 is 0 Å². The summed E-state index contributed by atoms with van der Waals surface area (Å²) in [5, 5.41) is 2.15. The van der Waals surface area contributed by atoms with Gasteiger partial charge in [-0.05, 0) is 102 Å². The Hall–Kier alpha value is -7.20. The van der Waals surface area contributed by atoms with Crippen LogP contribution in [0.2, 0.25) is 0 Å². The van der Waals surface area contributed by atoms with Gasteiger partial charge < -0.3 is 19.1 Å². The number of aromatic nitrogens is 2. The first kappa shape index (κ1) is 48.4. The second-order valence-electron chi connectivity index (χ2n) is 24.1. The van der Waals surface area contributed by atoms with Crippen molar-refractivity contribution in [3.8, 4) is 50.7 Å². The molecule has 2 aromatic heterocycles. The Morgan fingerprint density at radius 3 is 1.82 bits per heavy atom. The molecule has 0 saturated carbocycles. The molecule has 11 rings (SSSR count). The zero-order chi connectivity index (χ0) is 55.2. The van der Waals surface area contributed by atoms with Gasteiger partial charge in [0.1, 0.15) is 5.82 Å². The van der Waals surface area contributed by atoms with Crippen LogP contribution in [0.5, 0.6) is 11.5 Å². The van der Waals surface area contributed by atoms with Crippen molar-refractivity contribution in [3.05, 3.63) is 223 Å². The van der Waals surface area contributed by atoms with Crippen LogP contribution in [0.3, 0.4) is 0 Å². The van der Waals surface area contributed by atoms with Crippen LogP contribution in [-0.2, 0) is 42.7 Å². The fraction of sp³-hybridized carbons (Fsp3) is 0.229. The summed E-state index contributed by atoms with van der Waals surface area (Å²) in [6.45, 7) is 28.7. The Balaban J connectivity index is 0.00000704. The van der Waals surface area contributed by atoms with Gasteiger partial charge in [0.15, 0.2) is 0 Å². The summed E-state index contributed by atoms with van der Waals surface area (Å²) in [5.74, 6) is 1.86. The number of fused-ring (bicyclic) bond motifs is 4. The number of rotatable bonds is 8. The zero-order valence-corrected chi connectivity index (χ0v) is 48.0. The first-order valence-electron chi connectivity index (χ1n) is 27.6. The van der Waals surface area contributed by atoms with Crippen LogP contribution in [0.25, 0.3) is 61.0 Å². The fourth-order valence-electron chi connectivity index (χ4n) is 10.3. The second-order valence-corrected chi connectivity index (χ2v) is 24.1. The van der Waals surface area contributed by atoms with Gasteiger partial charge in [0.2, 0.25) is 0 Å². The standard InChI is InChI=1S/C70H67N4O.Pt/c1-67(2,3)49-37-38-71-65(42-49)74-61-28-16-14-24-57(61)58-36-35-54(44-64(58)74)75-53-22-19-21-52(43-53)72-45-73(63-30-18-17-29-62(63)72)66-55(25-20-26-59(66)56-23-13-15-27-60(56)70(10,11)12)47-33-31-46(32-34-47)48-39-50(68(4,5)6)41-51(40-48)69(7,8)9;/h13-42,45H,1-12H3;/q-3;/i20D,25D,26D;. The summed E-state index contributed by atoms with van der Waals surface area (Å²) in [4.78, 5) is 9.07. The molecule has 0 aliphatic carbocycles. The average molecular weight is 1180 g/mol. The summed E-state index contributed by atoms with van der Waals surface area (Å²) in [6, 6.07) is 61.4. The van der Waals surface area contributed by atoms with Crippen molar-refractivity contribution < 1.29 is 29.9 Å². The van der Waals surface area contributed by atoms with E-state index in [-0.39, 0.29) is 60.9 Å². The summed E-state index contributed by atoms with van der Waals surface area (Å²) in [7, 11) is 0. The largest absolute Gasteiger partial charge is 0.509 e. The van der Waals surface area contributed by atoms with Crippen LogP contribution in [0.1, 0.15) is 109 Å². The van der Waals surface area contributed by atoms with Gasteiger partial charge in [0.05, 0.1) is 4.11 Å². The van der Waals surface area contributed by atoms with Crippen LogP contribution in [0.15, 0.2) is 182 Å². The summed E-state index contributed by atoms with van der Waals surface area (Å²) < 4.78 is 38.1. The molecule has 0 N–H and O–H groups in total. The smallest absolute Gasteiger partial charge is 0.135 e. The van der Waals surface area contributed by atoms with Crippen LogP contribution >= 0.6 is 0 Å². The summed E-state index contributed by atoms with van der Waals surface area (Å²) in [5.41, 5.74) is 14.3. The van der Waals surface area contributed by atoms with Crippen molar-refractivity contribution in [1.82, 2.24) is 9.55 Å². The van der Waals surface area contributed by atoms with Gasteiger partial charge in [-0.25, -0.2) is 4.98 Å². The molecule has 3 heterocycles. The molecule has 76 heavy (non-hydrogen) atoms. The molecule has 5 nitrogen and oxygen atoms in total. The quantitative estimate of drug-likeness (QED) is 0.142. The van der Waals surface area contributed by atoms with Gasteiger partial charge in [0, 0.05) is 72.5 Å². The van der Waals surface area contributed by atoms with Crippen molar-refractivity contribution in [3.63, 3.8) is 0 Å². The van der Waals surface area contributed by atoms with Crippen LogP contribution in [-0.4, -0.2) is 9.55 Å². The molecule has 8 aromatic carbocycles. The normalized spacial score (nSPS) is 13.6. The molecule has 0 spiro atoms. The predicted molar refractivity (Wildman–Crippen MR) is 315 cm³/mol. The van der Waals surface area contributed by atoms with E-state index in [1.807, 2.05) is 61.4 Å². The van der Waals surface area contributed by atoms with Crippen LogP contribution in [0.4, 0.5) is 22.7 Å². The SMILES string of the molecule is [2H]c1c([2H])c(-c2ccc(-c3cc(C(C)(C)C)cc(C(C)(C)C)c3)cc2)c(N2[CH-]N(c3[c-]c(Oc4[c-]c5c(cc4)c4ccccc4n5-c4cc(C(C)(C)C)ccn4)ccc3)c3ccccc32)c(-c2ccccc2C(C)(C)C)c1[2H].[Pt]. The molecule has 1 aliphatic heterocycles. The Morgan fingerprint density at radius 1 is 0.500 bits per heavy atom. The maximum Gasteiger partial charge on any atom is 0.135 e. The Labute approximate surface area is 469 Å². The van der Waals surface area contributed by atoms with E-state index in [4.69, 9.17) is 9.72 Å². The minimum absolute atomic E-state index is 0. The molecule has 386 valence electrons. The maximum atomic E-state index is 9.84. The Morgan fingerprint density at radius 2 is 1.12 bits per heavy atom. The fourth-order valence-corrected chi connectivity index (χ4v) is 10.3. The number of benzene rings is 8. The minimum atomic E-state index is -0.307. The molecule has 0 fully saturated rings. The zero-order valence-electron chi connectivity index (χ0n) is 48.7. The van der Waals surface area contributed by atoms with E-state index in [9.17, 15) is 4.11 Å². The molecule has 0 saturated heterocycles. The molecule has 0 unspecified atom stereocenters.